The highest BCUT2D eigenvalue weighted by atomic mass is 79.9. The summed E-state index contributed by atoms with van der Waals surface area (Å²) >= 11 is 3.24. The number of primary amides is 1. The second-order valence-corrected chi connectivity index (χ2v) is 3.49. The molecule has 0 unspecified atom stereocenters. The molecule has 0 aromatic heterocycles. The van der Waals surface area contributed by atoms with Gasteiger partial charge >= 0.3 is 5.97 Å². The highest BCUT2D eigenvalue weighted by Gasteiger charge is 2.07. The van der Waals surface area contributed by atoms with Crippen LogP contribution in [0.2, 0.25) is 0 Å². The minimum absolute atomic E-state index is 0.388. The third kappa shape index (κ3) is 3.57. The van der Waals surface area contributed by atoms with Crippen molar-refractivity contribution in [2.75, 3.05) is 0 Å². The standard InChI is InChI=1S/C9H8BrNO3/c10-6-1-3-7(4-2-6)14-9(13)5-8(11)12/h1-4H,5H2,(H2,11,12). The first-order valence-electron chi connectivity index (χ1n) is 3.82. The molecule has 1 aromatic carbocycles. The molecule has 5 heteroatoms. The molecule has 0 saturated heterocycles. The second kappa shape index (κ2) is 4.76. The molecule has 0 aliphatic heterocycles. The van der Waals surface area contributed by atoms with Crippen LogP contribution >= 0.6 is 15.9 Å². The summed E-state index contributed by atoms with van der Waals surface area (Å²) < 4.78 is 5.70. The number of esters is 1. The van der Waals surface area contributed by atoms with Gasteiger partial charge in [0.15, 0.2) is 0 Å². The maximum atomic E-state index is 11.0. The maximum Gasteiger partial charge on any atom is 0.320 e. The molecular weight excluding hydrogens is 250 g/mol. The van der Waals surface area contributed by atoms with Crippen LogP contribution in [-0.4, -0.2) is 11.9 Å². The van der Waals surface area contributed by atoms with Crippen LogP contribution < -0.4 is 10.5 Å². The Bertz CT molecular complexity index is 348. The van der Waals surface area contributed by atoms with E-state index in [2.05, 4.69) is 15.9 Å². The van der Waals surface area contributed by atoms with E-state index in [4.69, 9.17) is 10.5 Å². The summed E-state index contributed by atoms with van der Waals surface area (Å²) in [6.45, 7) is 0. The van der Waals surface area contributed by atoms with Gasteiger partial charge in [-0.2, -0.15) is 0 Å². The Morgan fingerprint density at radius 2 is 1.86 bits per heavy atom. The Kier molecular flexibility index (Phi) is 3.64. The van der Waals surface area contributed by atoms with E-state index in [1.807, 2.05) is 0 Å². The third-order valence-corrected chi connectivity index (χ3v) is 1.89. The Labute approximate surface area is 89.2 Å². The number of amides is 1. The van der Waals surface area contributed by atoms with Gasteiger partial charge < -0.3 is 10.5 Å². The number of hydrogen-bond donors (Lipinski definition) is 1. The molecule has 0 aliphatic carbocycles. The molecule has 1 aromatic rings. The van der Waals surface area contributed by atoms with Gasteiger partial charge in [-0.15, -0.1) is 0 Å². The van der Waals surface area contributed by atoms with Crippen LogP contribution in [0.1, 0.15) is 6.42 Å². The minimum atomic E-state index is -0.702. The molecule has 0 spiro atoms. The molecule has 0 saturated carbocycles. The van der Waals surface area contributed by atoms with Crippen LogP contribution in [0.3, 0.4) is 0 Å². The summed E-state index contributed by atoms with van der Waals surface area (Å²) in [5.41, 5.74) is 4.82. The first-order chi connectivity index (χ1) is 6.58. The topological polar surface area (TPSA) is 69.4 Å². The van der Waals surface area contributed by atoms with E-state index < -0.39 is 18.3 Å². The molecule has 0 atom stereocenters. The Morgan fingerprint density at radius 3 is 2.36 bits per heavy atom. The van der Waals surface area contributed by atoms with Crippen LogP contribution in [0.5, 0.6) is 5.75 Å². The number of carbonyl (C=O) groups excluding carboxylic acids is 2. The minimum Gasteiger partial charge on any atom is -0.426 e. The number of carbonyl (C=O) groups is 2. The molecule has 74 valence electrons. The third-order valence-electron chi connectivity index (χ3n) is 1.36. The fourth-order valence-corrected chi connectivity index (χ4v) is 1.08. The lowest BCUT2D eigenvalue weighted by atomic mass is 10.3. The van der Waals surface area contributed by atoms with Gasteiger partial charge in [0.1, 0.15) is 12.2 Å². The van der Waals surface area contributed by atoms with Crippen molar-refractivity contribution in [2.24, 2.45) is 5.73 Å². The van der Waals surface area contributed by atoms with E-state index in [1.165, 1.54) is 0 Å². The van der Waals surface area contributed by atoms with Gasteiger partial charge in [0.25, 0.3) is 0 Å². The van der Waals surface area contributed by atoms with E-state index in [0.29, 0.717) is 5.75 Å². The van der Waals surface area contributed by atoms with Gasteiger partial charge in [0.2, 0.25) is 5.91 Å². The predicted molar refractivity (Wildman–Crippen MR) is 53.6 cm³/mol. The van der Waals surface area contributed by atoms with Crippen LogP contribution in [0.4, 0.5) is 0 Å². The second-order valence-electron chi connectivity index (χ2n) is 2.57. The lowest BCUT2D eigenvalue weighted by Crippen LogP contribution is -2.19. The molecule has 4 nitrogen and oxygen atoms in total. The average Bonchev–Trinajstić information content (AvgIpc) is 2.07. The van der Waals surface area contributed by atoms with Crippen molar-refractivity contribution < 1.29 is 14.3 Å². The fourth-order valence-electron chi connectivity index (χ4n) is 0.812. The van der Waals surface area contributed by atoms with E-state index in [-0.39, 0.29) is 0 Å². The van der Waals surface area contributed by atoms with Crippen molar-refractivity contribution in [3.63, 3.8) is 0 Å². The largest absolute Gasteiger partial charge is 0.426 e. The fraction of sp³-hybridized carbons (Fsp3) is 0.111. The molecule has 2 N–H and O–H groups in total. The summed E-state index contributed by atoms with van der Waals surface area (Å²) in [5.74, 6) is -0.966. The van der Waals surface area contributed by atoms with E-state index in [9.17, 15) is 9.59 Å². The van der Waals surface area contributed by atoms with Crippen molar-refractivity contribution in [3.8, 4) is 5.75 Å². The lowest BCUT2D eigenvalue weighted by molar-refractivity contribution is -0.137. The van der Waals surface area contributed by atoms with Gasteiger partial charge in [0, 0.05) is 4.47 Å². The summed E-state index contributed by atoms with van der Waals surface area (Å²) in [6, 6.07) is 6.69. The highest BCUT2D eigenvalue weighted by Crippen LogP contribution is 2.16. The van der Waals surface area contributed by atoms with Gasteiger partial charge in [-0.1, -0.05) is 15.9 Å². The monoisotopic (exact) mass is 257 g/mol. The normalized spacial score (nSPS) is 9.50. The summed E-state index contributed by atoms with van der Waals surface area (Å²) in [4.78, 5) is 21.3. The molecule has 1 rings (SSSR count). The predicted octanol–water partition coefficient (Wildman–Crippen LogP) is 1.23. The van der Waals surface area contributed by atoms with Gasteiger partial charge in [-0.05, 0) is 24.3 Å². The summed E-state index contributed by atoms with van der Waals surface area (Å²) in [6.07, 6.45) is -0.407. The van der Waals surface area contributed by atoms with Crippen molar-refractivity contribution in [2.45, 2.75) is 6.42 Å². The zero-order valence-corrected chi connectivity index (χ0v) is 8.78. The van der Waals surface area contributed by atoms with Gasteiger partial charge in [-0.3, -0.25) is 9.59 Å². The van der Waals surface area contributed by atoms with E-state index in [0.717, 1.165) is 4.47 Å². The molecule has 1 amide bonds. The number of nitrogens with two attached hydrogens (primary N) is 1. The zero-order valence-electron chi connectivity index (χ0n) is 7.20. The number of rotatable bonds is 3. The highest BCUT2D eigenvalue weighted by molar-refractivity contribution is 9.10. The number of benzene rings is 1. The molecular formula is C9H8BrNO3. The average molecular weight is 258 g/mol. The Morgan fingerprint density at radius 1 is 1.29 bits per heavy atom. The molecule has 0 aliphatic rings. The van der Waals surface area contributed by atoms with Crippen LogP contribution in [0, 0.1) is 0 Å². The quantitative estimate of drug-likeness (QED) is 0.503. The van der Waals surface area contributed by atoms with Crippen molar-refractivity contribution >= 4 is 27.8 Å². The first-order valence-corrected chi connectivity index (χ1v) is 4.62. The molecule has 0 fully saturated rings. The first kappa shape index (κ1) is 10.7. The number of ether oxygens (including phenoxy) is 1. The molecule has 0 radical (unpaired) electrons. The van der Waals surface area contributed by atoms with Crippen molar-refractivity contribution in [1.82, 2.24) is 0 Å². The summed E-state index contributed by atoms with van der Waals surface area (Å²) in [7, 11) is 0. The van der Waals surface area contributed by atoms with Crippen LogP contribution in [0.15, 0.2) is 28.7 Å². The van der Waals surface area contributed by atoms with Crippen LogP contribution in [-0.2, 0) is 9.59 Å². The van der Waals surface area contributed by atoms with Crippen molar-refractivity contribution in [3.05, 3.63) is 28.7 Å². The molecule has 14 heavy (non-hydrogen) atoms. The number of hydrogen-bond acceptors (Lipinski definition) is 3. The number of halogens is 1. The van der Waals surface area contributed by atoms with E-state index >= 15 is 0 Å². The summed E-state index contributed by atoms with van der Waals surface area (Å²) in [5, 5.41) is 0. The van der Waals surface area contributed by atoms with E-state index in [1.54, 1.807) is 24.3 Å². The molecule has 0 heterocycles. The maximum absolute atomic E-state index is 11.0. The molecule has 0 bridgehead atoms. The van der Waals surface area contributed by atoms with Gasteiger partial charge in [-0.25, -0.2) is 0 Å². The van der Waals surface area contributed by atoms with Crippen LogP contribution in [0.25, 0.3) is 0 Å². The zero-order chi connectivity index (χ0) is 10.6. The Hall–Kier alpha value is -1.36. The van der Waals surface area contributed by atoms with Gasteiger partial charge in [0.05, 0.1) is 0 Å². The van der Waals surface area contributed by atoms with Crippen molar-refractivity contribution in [1.29, 1.82) is 0 Å². The lowest BCUT2D eigenvalue weighted by Gasteiger charge is -2.01. The Balaban J connectivity index is 2.56. The SMILES string of the molecule is NC(=O)CC(=O)Oc1ccc(Br)cc1. The smallest absolute Gasteiger partial charge is 0.320 e.